The molecule has 0 unspecified atom stereocenters. The third-order valence-corrected chi connectivity index (χ3v) is 4.48. The molecule has 1 aliphatic rings. The molecule has 25 heavy (non-hydrogen) atoms. The number of carbonyl (C=O) groups is 1. The van der Waals surface area contributed by atoms with Crippen molar-refractivity contribution in [2.45, 2.75) is 0 Å². The van der Waals surface area contributed by atoms with Crippen molar-refractivity contribution < 1.29 is 4.79 Å². The molecule has 132 valence electrons. The normalized spacial score (nSPS) is 15.0. The van der Waals surface area contributed by atoms with E-state index in [-0.39, 0.29) is 0 Å². The Balaban J connectivity index is 1.96. The van der Waals surface area contributed by atoms with Crippen LogP contribution in [-0.2, 0) is 0 Å². The average molecular weight is 340 g/mol. The molecule has 0 aliphatic carbocycles. The van der Waals surface area contributed by atoms with Crippen LogP contribution >= 0.6 is 0 Å². The number of rotatable bonds is 4. The van der Waals surface area contributed by atoms with Gasteiger partial charge < -0.3 is 15.5 Å². The highest BCUT2D eigenvalue weighted by Crippen LogP contribution is 2.32. The van der Waals surface area contributed by atoms with Gasteiger partial charge in [-0.05, 0) is 31.3 Å². The topological polar surface area (TPSA) is 68.9 Å². The number of aromatic nitrogens is 1. The van der Waals surface area contributed by atoms with E-state index < -0.39 is 6.03 Å². The lowest BCUT2D eigenvalue weighted by Gasteiger charge is -2.38. The van der Waals surface area contributed by atoms with Crippen molar-refractivity contribution in [1.29, 1.82) is 0 Å². The number of anilines is 3. The summed E-state index contributed by atoms with van der Waals surface area (Å²) in [5.74, 6) is 0. The summed E-state index contributed by atoms with van der Waals surface area (Å²) in [6, 6.07) is 11.0. The zero-order valence-corrected chi connectivity index (χ0v) is 14.7. The molecule has 0 radical (unpaired) electrons. The van der Waals surface area contributed by atoms with E-state index in [1.807, 2.05) is 43.4 Å². The molecule has 2 aromatic rings. The van der Waals surface area contributed by atoms with Crippen molar-refractivity contribution in [1.82, 2.24) is 9.88 Å². The maximum atomic E-state index is 12.3. The van der Waals surface area contributed by atoms with E-state index in [1.165, 1.54) is 5.01 Å². The van der Waals surface area contributed by atoms with Crippen molar-refractivity contribution in [3.8, 4) is 0 Å². The number of nitrogens with two attached hydrogens (primary N) is 1. The van der Waals surface area contributed by atoms with Crippen molar-refractivity contribution in [3.05, 3.63) is 48.8 Å². The first-order valence-electron chi connectivity index (χ1n) is 8.33. The second-order valence-electron chi connectivity index (χ2n) is 6.16. The Morgan fingerprint density at radius 3 is 2.48 bits per heavy atom. The van der Waals surface area contributed by atoms with Gasteiger partial charge in [-0.2, -0.15) is 0 Å². The lowest BCUT2D eigenvalue weighted by atomic mass is 10.2. The van der Waals surface area contributed by atoms with Crippen molar-refractivity contribution in [2.75, 3.05) is 55.2 Å². The summed E-state index contributed by atoms with van der Waals surface area (Å²) in [5.41, 5.74) is 8.29. The molecular formula is C18H24N6O. The number of benzene rings is 1. The first-order valence-corrected chi connectivity index (χ1v) is 8.33. The summed E-state index contributed by atoms with van der Waals surface area (Å²) in [4.78, 5) is 21.0. The standard InChI is InChI=1S/C18H24N6O/c1-21-10-12-23(13-11-21)16-7-3-4-8-17(16)24(18(19)25)22(2)15-6-5-9-20-14-15/h3-9,14H,10-13H2,1-2H3,(H2,19,25). The SMILES string of the molecule is CN1CCN(c2ccccc2N(C(N)=O)N(C)c2cccnc2)CC1. The Labute approximate surface area is 148 Å². The minimum atomic E-state index is -0.534. The Hall–Kier alpha value is -2.80. The number of carbonyl (C=O) groups excluding carboxylic acids is 1. The lowest BCUT2D eigenvalue weighted by Crippen LogP contribution is -2.49. The molecule has 2 heterocycles. The van der Waals surface area contributed by atoms with Gasteiger partial charge in [-0.15, -0.1) is 0 Å². The van der Waals surface area contributed by atoms with Gasteiger partial charge in [0.2, 0.25) is 0 Å². The molecule has 1 fully saturated rings. The molecule has 0 spiro atoms. The summed E-state index contributed by atoms with van der Waals surface area (Å²) < 4.78 is 0. The second kappa shape index (κ2) is 7.40. The quantitative estimate of drug-likeness (QED) is 0.859. The van der Waals surface area contributed by atoms with Gasteiger partial charge in [-0.3, -0.25) is 9.99 Å². The first kappa shape index (κ1) is 17.0. The maximum absolute atomic E-state index is 12.3. The van der Waals surface area contributed by atoms with Gasteiger partial charge in [0.1, 0.15) is 0 Å². The van der Waals surface area contributed by atoms with Gasteiger partial charge in [0.25, 0.3) is 0 Å². The van der Waals surface area contributed by atoms with Crippen molar-refractivity contribution >= 4 is 23.1 Å². The Morgan fingerprint density at radius 2 is 1.84 bits per heavy atom. The molecule has 3 rings (SSSR count). The van der Waals surface area contributed by atoms with Crippen LogP contribution in [0.4, 0.5) is 21.9 Å². The highest BCUT2D eigenvalue weighted by molar-refractivity contribution is 5.97. The number of hydrogen-bond acceptors (Lipinski definition) is 5. The summed E-state index contributed by atoms with van der Waals surface area (Å²) in [5, 5.41) is 3.22. The molecule has 1 aromatic carbocycles. The molecule has 2 amide bonds. The molecular weight excluding hydrogens is 316 g/mol. The Morgan fingerprint density at radius 1 is 1.12 bits per heavy atom. The van der Waals surface area contributed by atoms with E-state index in [0.29, 0.717) is 0 Å². The van der Waals surface area contributed by atoms with E-state index in [4.69, 9.17) is 5.73 Å². The number of primary amides is 1. The van der Waals surface area contributed by atoms with Gasteiger partial charge in [0, 0.05) is 39.4 Å². The summed E-state index contributed by atoms with van der Waals surface area (Å²) in [6.45, 7) is 3.81. The monoisotopic (exact) mass is 340 g/mol. The molecule has 7 heteroatoms. The van der Waals surface area contributed by atoms with Crippen LogP contribution in [0, 0.1) is 0 Å². The number of amides is 2. The number of nitrogens with zero attached hydrogens (tertiary/aromatic N) is 5. The number of hydrogen-bond donors (Lipinski definition) is 1. The summed E-state index contributed by atoms with van der Waals surface area (Å²) in [6.07, 6.45) is 3.40. The number of likely N-dealkylation sites (N-methyl/N-ethyl adjacent to an activating group) is 1. The fourth-order valence-corrected chi connectivity index (χ4v) is 3.05. The molecule has 0 bridgehead atoms. The van der Waals surface area contributed by atoms with Crippen molar-refractivity contribution in [2.24, 2.45) is 5.73 Å². The zero-order valence-electron chi connectivity index (χ0n) is 14.7. The first-order chi connectivity index (χ1) is 12.1. The largest absolute Gasteiger partial charge is 0.367 e. The molecule has 0 saturated carbocycles. The third-order valence-electron chi connectivity index (χ3n) is 4.48. The fraction of sp³-hybridized carbons (Fsp3) is 0.333. The van der Waals surface area contributed by atoms with Crippen molar-refractivity contribution in [3.63, 3.8) is 0 Å². The number of pyridine rings is 1. The average Bonchev–Trinajstić information content (AvgIpc) is 2.63. The second-order valence-corrected chi connectivity index (χ2v) is 6.16. The predicted octanol–water partition coefficient (Wildman–Crippen LogP) is 1.77. The number of piperazine rings is 1. The Kier molecular flexibility index (Phi) is 5.04. The minimum absolute atomic E-state index is 0.534. The van der Waals surface area contributed by atoms with E-state index in [1.54, 1.807) is 17.4 Å². The molecule has 0 atom stereocenters. The van der Waals surface area contributed by atoms with Crippen LogP contribution in [-0.4, -0.2) is 56.2 Å². The van der Waals surface area contributed by atoms with E-state index in [0.717, 1.165) is 43.2 Å². The van der Waals surface area contributed by atoms with Gasteiger partial charge >= 0.3 is 6.03 Å². The molecule has 2 N–H and O–H groups in total. The zero-order chi connectivity index (χ0) is 17.8. The Bertz CT molecular complexity index is 715. The third kappa shape index (κ3) is 3.66. The van der Waals surface area contributed by atoms with E-state index in [2.05, 4.69) is 21.8 Å². The van der Waals surface area contributed by atoms with Crippen LogP contribution in [0.2, 0.25) is 0 Å². The van der Waals surface area contributed by atoms with Gasteiger partial charge in [0.15, 0.2) is 0 Å². The van der Waals surface area contributed by atoms with Crippen LogP contribution in [0.15, 0.2) is 48.8 Å². The smallest absolute Gasteiger partial charge is 0.338 e. The molecule has 1 saturated heterocycles. The number of para-hydroxylation sites is 2. The number of hydrazine groups is 1. The van der Waals surface area contributed by atoms with Crippen LogP contribution in [0.25, 0.3) is 0 Å². The van der Waals surface area contributed by atoms with E-state index in [9.17, 15) is 4.79 Å². The van der Waals surface area contributed by atoms with Gasteiger partial charge in [-0.1, -0.05) is 12.1 Å². The molecule has 7 nitrogen and oxygen atoms in total. The van der Waals surface area contributed by atoms with Crippen LogP contribution < -0.4 is 20.7 Å². The summed E-state index contributed by atoms with van der Waals surface area (Å²) >= 11 is 0. The molecule has 1 aliphatic heterocycles. The molecule has 1 aromatic heterocycles. The highest BCUT2D eigenvalue weighted by Gasteiger charge is 2.25. The predicted molar refractivity (Wildman–Crippen MR) is 101 cm³/mol. The minimum Gasteiger partial charge on any atom is -0.367 e. The summed E-state index contributed by atoms with van der Waals surface area (Å²) in [7, 11) is 3.93. The maximum Gasteiger partial charge on any atom is 0.338 e. The van der Waals surface area contributed by atoms with Crippen LogP contribution in [0.1, 0.15) is 0 Å². The lowest BCUT2D eigenvalue weighted by molar-refractivity contribution is 0.253. The van der Waals surface area contributed by atoms with Gasteiger partial charge in [0.05, 0.1) is 23.3 Å². The number of urea groups is 1. The highest BCUT2D eigenvalue weighted by atomic mass is 16.2. The fourth-order valence-electron chi connectivity index (χ4n) is 3.05. The van der Waals surface area contributed by atoms with Crippen LogP contribution in [0.5, 0.6) is 0 Å². The van der Waals surface area contributed by atoms with Crippen LogP contribution in [0.3, 0.4) is 0 Å². The van der Waals surface area contributed by atoms with E-state index >= 15 is 0 Å². The van der Waals surface area contributed by atoms with Gasteiger partial charge in [-0.25, -0.2) is 9.80 Å².